The summed E-state index contributed by atoms with van der Waals surface area (Å²) in [4.78, 5) is 28.5. The van der Waals surface area contributed by atoms with Crippen LogP contribution in [0.1, 0.15) is 34.6 Å². The molecule has 5 nitrogen and oxygen atoms in total. The number of nitrogens with zero attached hydrogens (tertiary/aromatic N) is 2. The summed E-state index contributed by atoms with van der Waals surface area (Å²) in [6.45, 7) is 5.65. The summed E-state index contributed by atoms with van der Waals surface area (Å²) in [5.74, 6) is 0.0207. The minimum absolute atomic E-state index is 0.0658. The zero-order chi connectivity index (χ0) is 19.4. The Morgan fingerprint density at radius 1 is 0.889 bits per heavy atom. The molecule has 0 aromatic heterocycles. The van der Waals surface area contributed by atoms with E-state index in [0.29, 0.717) is 37.3 Å². The number of ether oxygens (including phenoxy) is 1. The molecule has 1 aliphatic heterocycles. The maximum Gasteiger partial charge on any atom is 0.254 e. The first kappa shape index (κ1) is 18.9. The number of hydrogen-bond acceptors (Lipinski definition) is 3. The fourth-order valence-corrected chi connectivity index (χ4v) is 3.05. The first-order valence-electron chi connectivity index (χ1n) is 9.05. The van der Waals surface area contributed by atoms with Gasteiger partial charge in [0, 0.05) is 37.3 Å². The number of rotatable bonds is 4. The Hall–Kier alpha value is -2.89. The minimum atomic E-state index is -0.431. The van der Waals surface area contributed by atoms with Gasteiger partial charge < -0.3 is 14.5 Å². The molecule has 0 bridgehead atoms. The van der Waals surface area contributed by atoms with Crippen molar-refractivity contribution < 1.29 is 18.7 Å². The standard InChI is InChI=1S/C21H23FN2O3/c1-15(2)27-19-8-6-16(7-9-19)20(25)23-10-12-24(13-11-23)21(26)17-4-3-5-18(22)14-17/h3-9,14-15H,10-13H2,1-2H3. The van der Waals surface area contributed by atoms with Crippen LogP contribution in [0.2, 0.25) is 0 Å². The average Bonchev–Trinajstić information content (AvgIpc) is 2.67. The molecule has 0 atom stereocenters. The van der Waals surface area contributed by atoms with Gasteiger partial charge in [-0.15, -0.1) is 0 Å². The first-order valence-corrected chi connectivity index (χ1v) is 9.05. The van der Waals surface area contributed by atoms with Crippen LogP contribution in [-0.4, -0.2) is 53.9 Å². The van der Waals surface area contributed by atoms with E-state index in [1.165, 1.54) is 18.2 Å². The second-order valence-corrected chi connectivity index (χ2v) is 6.79. The van der Waals surface area contributed by atoms with Gasteiger partial charge in [-0.05, 0) is 56.3 Å². The summed E-state index contributed by atoms with van der Waals surface area (Å²) in [7, 11) is 0. The van der Waals surface area contributed by atoms with Crippen LogP contribution in [0.3, 0.4) is 0 Å². The van der Waals surface area contributed by atoms with E-state index in [4.69, 9.17) is 4.74 Å². The Balaban J connectivity index is 1.58. The lowest BCUT2D eigenvalue weighted by atomic mass is 10.1. The molecule has 2 aromatic carbocycles. The highest BCUT2D eigenvalue weighted by molar-refractivity contribution is 5.96. The zero-order valence-corrected chi connectivity index (χ0v) is 15.5. The van der Waals surface area contributed by atoms with Crippen LogP contribution in [0.4, 0.5) is 4.39 Å². The van der Waals surface area contributed by atoms with Gasteiger partial charge in [0.15, 0.2) is 0 Å². The van der Waals surface area contributed by atoms with Crippen molar-refractivity contribution in [2.45, 2.75) is 20.0 Å². The molecule has 27 heavy (non-hydrogen) atoms. The molecule has 1 aliphatic rings. The third-order valence-electron chi connectivity index (χ3n) is 4.40. The maximum atomic E-state index is 13.3. The zero-order valence-electron chi connectivity index (χ0n) is 15.5. The number of hydrogen-bond donors (Lipinski definition) is 0. The highest BCUT2D eigenvalue weighted by Crippen LogP contribution is 2.17. The summed E-state index contributed by atoms with van der Waals surface area (Å²) in [6.07, 6.45) is 0.0789. The van der Waals surface area contributed by atoms with E-state index >= 15 is 0 Å². The van der Waals surface area contributed by atoms with Crippen molar-refractivity contribution in [3.63, 3.8) is 0 Å². The summed E-state index contributed by atoms with van der Waals surface area (Å²) >= 11 is 0. The Kier molecular flexibility index (Phi) is 5.74. The molecule has 3 rings (SSSR count). The Labute approximate surface area is 158 Å². The Morgan fingerprint density at radius 2 is 1.44 bits per heavy atom. The van der Waals surface area contributed by atoms with Crippen molar-refractivity contribution in [1.82, 2.24) is 9.80 Å². The molecular weight excluding hydrogens is 347 g/mol. The number of benzene rings is 2. The van der Waals surface area contributed by atoms with Gasteiger partial charge in [-0.2, -0.15) is 0 Å². The van der Waals surface area contributed by atoms with Crippen molar-refractivity contribution in [2.24, 2.45) is 0 Å². The number of carbonyl (C=O) groups excluding carboxylic acids is 2. The van der Waals surface area contributed by atoms with Crippen LogP contribution in [0.25, 0.3) is 0 Å². The monoisotopic (exact) mass is 370 g/mol. The van der Waals surface area contributed by atoms with Gasteiger partial charge in [0.2, 0.25) is 0 Å². The van der Waals surface area contributed by atoms with Crippen molar-refractivity contribution >= 4 is 11.8 Å². The quantitative estimate of drug-likeness (QED) is 0.830. The molecule has 2 aromatic rings. The van der Waals surface area contributed by atoms with Gasteiger partial charge in [0.25, 0.3) is 11.8 Å². The second kappa shape index (κ2) is 8.20. The average molecular weight is 370 g/mol. The lowest BCUT2D eigenvalue weighted by Gasteiger charge is -2.35. The summed E-state index contributed by atoms with van der Waals surface area (Å²) < 4.78 is 18.9. The summed E-state index contributed by atoms with van der Waals surface area (Å²) in [6, 6.07) is 12.8. The van der Waals surface area contributed by atoms with E-state index < -0.39 is 5.82 Å². The van der Waals surface area contributed by atoms with Gasteiger partial charge in [-0.1, -0.05) is 6.07 Å². The Morgan fingerprint density at radius 3 is 1.96 bits per heavy atom. The second-order valence-electron chi connectivity index (χ2n) is 6.79. The number of amides is 2. The van der Waals surface area contributed by atoms with E-state index in [-0.39, 0.29) is 17.9 Å². The summed E-state index contributed by atoms with van der Waals surface area (Å²) in [5, 5.41) is 0. The molecule has 1 fully saturated rings. The van der Waals surface area contributed by atoms with E-state index in [1.54, 1.807) is 40.1 Å². The molecule has 0 saturated carbocycles. The normalized spacial score (nSPS) is 14.4. The number of piperazine rings is 1. The van der Waals surface area contributed by atoms with Gasteiger partial charge in [-0.25, -0.2) is 4.39 Å². The molecule has 1 heterocycles. The number of carbonyl (C=O) groups is 2. The molecule has 0 spiro atoms. The molecule has 142 valence electrons. The van der Waals surface area contributed by atoms with Crippen molar-refractivity contribution in [1.29, 1.82) is 0 Å². The molecule has 2 amide bonds. The third-order valence-corrected chi connectivity index (χ3v) is 4.40. The predicted octanol–water partition coefficient (Wildman–Crippen LogP) is 3.21. The highest BCUT2D eigenvalue weighted by atomic mass is 19.1. The smallest absolute Gasteiger partial charge is 0.254 e. The van der Waals surface area contributed by atoms with Gasteiger partial charge >= 0.3 is 0 Å². The lowest BCUT2D eigenvalue weighted by molar-refractivity contribution is 0.0535. The van der Waals surface area contributed by atoms with E-state index in [1.807, 2.05) is 13.8 Å². The van der Waals surface area contributed by atoms with Crippen LogP contribution >= 0.6 is 0 Å². The van der Waals surface area contributed by atoms with Crippen molar-refractivity contribution in [3.8, 4) is 5.75 Å². The fourth-order valence-electron chi connectivity index (χ4n) is 3.05. The predicted molar refractivity (Wildman–Crippen MR) is 100 cm³/mol. The SMILES string of the molecule is CC(C)Oc1ccc(C(=O)N2CCN(C(=O)c3cccc(F)c3)CC2)cc1. The molecule has 0 aliphatic carbocycles. The highest BCUT2D eigenvalue weighted by Gasteiger charge is 2.25. The van der Waals surface area contributed by atoms with E-state index in [2.05, 4.69) is 0 Å². The number of halogens is 1. The van der Waals surface area contributed by atoms with E-state index in [9.17, 15) is 14.0 Å². The van der Waals surface area contributed by atoms with Gasteiger partial charge in [0.1, 0.15) is 11.6 Å². The molecule has 0 N–H and O–H groups in total. The summed E-state index contributed by atoms with van der Waals surface area (Å²) in [5.41, 5.74) is 0.923. The van der Waals surface area contributed by atoms with Gasteiger partial charge in [-0.3, -0.25) is 9.59 Å². The van der Waals surface area contributed by atoms with E-state index in [0.717, 1.165) is 5.75 Å². The largest absolute Gasteiger partial charge is 0.491 e. The van der Waals surface area contributed by atoms with Crippen molar-refractivity contribution in [3.05, 3.63) is 65.5 Å². The Bertz CT molecular complexity index is 812. The van der Waals surface area contributed by atoms with Crippen LogP contribution in [0, 0.1) is 5.82 Å². The van der Waals surface area contributed by atoms with Crippen LogP contribution in [0.15, 0.2) is 48.5 Å². The molecular formula is C21H23FN2O3. The minimum Gasteiger partial charge on any atom is -0.491 e. The first-order chi connectivity index (χ1) is 12.9. The third kappa shape index (κ3) is 4.64. The maximum absolute atomic E-state index is 13.3. The van der Waals surface area contributed by atoms with Crippen LogP contribution in [-0.2, 0) is 0 Å². The topological polar surface area (TPSA) is 49.9 Å². The fraction of sp³-hybridized carbons (Fsp3) is 0.333. The molecule has 1 saturated heterocycles. The van der Waals surface area contributed by atoms with Crippen molar-refractivity contribution in [2.75, 3.05) is 26.2 Å². The molecule has 0 radical (unpaired) electrons. The molecule has 6 heteroatoms. The lowest BCUT2D eigenvalue weighted by Crippen LogP contribution is -2.50. The molecule has 0 unspecified atom stereocenters. The van der Waals surface area contributed by atoms with Crippen LogP contribution in [0.5, 0.6) is 5.75 Å². The van der Waals surface area contributed by atoms with Gasteiger partial charge in [0.05, 0.1) is 6.10 Å². The van der Waals surface area contributed by atoms with Crippen LogP contribution < -0.4 is 4.74 Å².